The Morgan fingerprint density at radius 1 is 1.12 bits per heavy atom. The van der Waals surface area contributed by atoms with Crippen LogP contribution < -0.4 is 10.1 Å². The molecule has 2 bridgehead atoms. The van der Waals surface area contributed by atoms with Crippen molar-refractivity contribution in [1.82, 2.24) is 5.32 Å². The quantitative estimate of drug-likeness (QED) is 0.587. The zero-order chi connectivity index (χ0) is 16.8. The van der Waals surface area contributed by atoms with Gasteiger partial charge in [0.2, 0.25) is 0 Å². The molecular weight excluding hydrogens is 306 g/mol. The Kier molecular flexibility index (Phi) is 5.72. The second-order valence-electron chi connectivity index (χ2n) is 6.81. The van der Waals surface area contributed by atoms with Crippen molar-refractivity contribution in [3.05, 3.63) is 30.3 Å². The van der Waals surface area contributed by atoms with Crippen LogP contribution in [0.15, 0.2) is 30.3 Å². The van der Waals surface area contributed by atoms with E-state index in [0.717, 1.165) is 18.1 Å². The van der Waals surface area contributed by atoms with Gasteiger partial charge in [0.05, 0.1) is 6.54 Å². The first-order valence-electron chi connectivity index (χ1n) is 8.81. The Hall–Kier alpha value is -2.04. The number of ether oxygens (including phenoxy) is 2. The summed E-state index contributed by atoms with van der Waals surface area (Å²) < 4.78 is 10.6. The van der Waals surface area contributed by atoms with Crippen LogP contribution in [0.2, 0.25) is 0 Å². The summed E-state index contributed by atoms with van der Waals surface area (Å²) in [6, 6.07) is 9.42. The van der Waals surface area contributed by atoms with Crippen LogP contribution in [0, 0.1) is 17.8 Å². The molecule has 0 heterocycles. The molecule has 1 N–H and O–H groups in total. The van der Waals surface area contributed by atoms with Gasteiger partial charge >= 0.3 is 5.97 Å². The molecule has 2 aliphatic rings. The molecule has 0 spiro atoms. The molecule has 0 saturated heterocycles. The Bertz CT molecular complexity index is 560. The Morgan fingerprint density at radius 3 is 2.67 bits per heavy atom. The number of hydrogen-bond donors (Lipinski definition) is 1. The normalized spacial score (nSPS) is 24.6. The van der Waals surface area contributed by atoms with Crippen LogP contribution >= 0.6 is 0 Å². The maximum atomic E-state index is 11.9. The van der Waals surface area contributed by atoms with Gasteiger partial charge in [0, 0.05) is 6.42 Å². The predicted octanol–water partition coefficient (Wildman–Crippen LogP) is 2.55. The third kappa shape index (κ3) is 4.73. The molecule has 3 atom stereocenters. The molecule has 1 aromatic rings. The number of fused-ring (bicyclic) bond motifs is 2. The summed E-state index contributed by atoms with van der Waals surface area (Å²) in [5.41, 5.74) is 0. The van der Waals surface area contributed by atoms with Crippen LogP contribution in [-0.2, 0) is 14.3 Å². The first-order valence-corrected chi connectivity index (χ1v) is 8.81. The lowest BCUT2D eigenvalue weighted by atomic mass is 9.86. The van der Waals surface area contributed by atoms with E-state index in [-0.39, 0.29) is 18.5 Å². The summed E-state index contributed by atoms with van der Waals surface area (Å²) in [6.07, 6.45) is 5.47. The molecule has 1 amide bonds. The highest BCUT2D eigenvalue weighted by atomic mass is 16.5. The van der Waals surface area contributed by atoms with Crippen molar-refractivity contribution in [1.29, 1.82) is 0 Å². The average Bonchev–Trinajstić information content (AvgIpc) is 3.21. The number of nitrogens with one attached hydrogen (secondary N) is 1. The van der Waals surface area contributed by atoms with Gasteiger partial charge in [0.1, 0.15) is 12.4 Å². The Labute approximate surface area is 142 Å². The van der Waals surface area contributed by atoms with Crippen molar-refractivity contribution in [2.45, 2.75) is 32.1 Å². The van der Waals surface area contributed by atoms with E-state index < -0.39 is 0 Å². The van der Waals surface area contributed by atoms with Crippen molar-refractivity contribution in [3.63, 3.8) is 0 Å². The number of benzene rings is 1. The van der Waals surface area contributed by atoms with E-state index in [1.807, 2.05) is 30.3 Å². The van der Waals surface area contributed by atoms with Gasteiger partial charge < -0.3 is 14.8 Å². The van der Waals surface area contributed by atoms with Gasteiger partial charge in [0.25, 0.3) is 5.91 Å². The van der Waals surface area contributed by atoms with Crippen molar-refractivity contribution >= 4 is 11.9 Å². The molecule has 24 heavy (non-hydrogen) atoms. The maximum Gasteiger partial charge on any atom is 0.306 e. The molecule has 5 heteroatoms. The summed E-state index contributed by atoms with van der Waals surface area (Å²) in [6.45, 7) is 0.567. The van der Waals surface area contributed by atoms with E-state index >= 15 is 0 Å². The van der Waals surface area contributed by atoms with Crippen LogP contribution in [0.1, 0.15) is 32.1 Å². The zero-order valence-corrected chi connectivity index (χ0v) is 13.9. The predicted molar refractivity (Wildman–Crippen MR) is 89.5 cm³/mol. The molecule has 130 valence electrons. The Balaban J connectivity index is 1.25. The summed E-state index contributed by atoms with van der Waals surface area (Å²) in [7, 11) is 0. The van der Waals surface area contributed by atoms with E-state index in [2.05, 4.69) is 5.32 Å². The largest absolute Gasteiger partial charge is 0.492 e. The molecule has 0 aromatic heterocycles. The van der Waals surface area contributed by atoms with E-state index in [9.17, 15) is 9.59 Å². The van der Waals surface area contributed by atoms with E-state index in [1.54, 1.807) is 0 Å². The summed E-state index contributed by atoms with van der Waals surface area (Å²) in [5.74, 6) is 2.23. The standard InChI is InChI=1S/C19H25NO4/c21-18(20-8-9-23-17-4-2-1-3-5-17)13-24-19(22)12-16-11-14-6-7-15(16)10-14/h1-5,14-16H,6-13H2,(H,20,21)/t14-,15+,16-/m0/s1. The van der Waals surface area contributed by atoms with Gasteiger partial charge in [-0.15, -0.1) is 0 Å². The molecule has 0 radical (unpaired) electrons. The minimum atomic E-state index is -0.284. The SMILES string of the molecule is O=C(COC(=O)C[C@@H]1C[C@H]2CC[C@@H]1C2)NCCOc1ccccc1. The second-order valence-corrected chi connectivity index (χ2v) is 6.81. The second kappa shape index (κ2) is 8.18. The monoisotopic (exact) mass is 331 g/mol. The first kappa shape index (κ1) is 16.8. The number of esters is 1. The highest BCUT2D eigenvalue weighted by Gasteiger charge is 2.40. The van der Waals surface area contributed by atoms with Gasteiger partial charge in [0.15, 0.2) is 6.61 Å². The molecule has 1 aromatic carbocycles. The lowest BCUT2D eigenvalue weighted by molar-refractivity contribution is -0.149. The topological polar surface area (TPSA) is 64.6 Å². The van der Waals surface area contributed by atoms with Crippen molar-refractivity contribution < 1.29 is 19.1 Å². The number of rotatable bonds is 8. The molecule has 5 nitrogen and oxygen atoms in total. The minimum absolute atomic E-state index is 0.203. The van der Waals surface area contributed by atoms with Crippen LogP contribution in [0.4, 0.5) is 0 Å². The van der Waals surface area contributed by atoms with Crippen LogP contribution in [0.3, 0.4) is 0 Å². The summed E-state index contributed by atoms with van der Waals surface area (Å²) in [4.78, 5) is 23.5. The highest BCUT2D eigenvalue weighted by molar-refractivity contribution is 5.80. The number of carbonyl (C=O) groups excluding carboxylic acids is 2. The number of para-hydroxylation sites is 1. The fourth-order valence-corrected chi connectivity index (χ4v) is 3.97. The zero-order valence-electron chi connectivity index (χ0n) is 13.9. The van der Waals surface area contributed by atoms with Crippen LogP contribution in [0.5, 0.6) is 5.75 Å². The van der Waals surface area contributed by atoms with E-state index in [0.29, 0.717) is 31.4 Å². The van der Waals surface area contributed by atoms with Gasteiger partial charge in [-0.05, 0) is 49.1 Å². The molecule has 3 rings (SSSR count). The van der Waals surface area contributed by atoms with E-state index in [4.69, 9.17) is 9.47 Å². The van der Waals surface area contributed by atoms with E-state index in [1.165, 1.54) is 19.3 Å². The maximum absolute atomic E-state index is 11.9. The summed E-state index contributed by atoms with van der Waals surface area (Å²) >= 11 is 0. The number of hydrogen-bond acceptors (Lipinski definition) is 4. The average molecular weight is 331 g/mol. The molecule has 0 unspecified atom stereocenters. The third-order valence-electron chi connectivity index (χ3n) is 5.11. The van der Waals surface area contributed by atoms with Gasteiger partial charge in [-0.25, -0.2) is 0 Å². The molecular formula is C19H25NO4. The highest BCUT2D eigenvalue weighted by Crippen LogP contribution is 2.49. The van der Waals surface area contributed by atoms with Crippen molar-refractivity contribution in [2.24, 2.45) is 17.8 Å². The van der Waals surface area contributed by atoms with Crippen molar-refractivity contribution in [3.8, 4) is 5.75 Å². The Morgan fingerprint density at radius 2 is 1.96 bits per heavy atom. The first-order chi connectivity index (χ1) is 11.7. The molecule has 2 aliphatic carbocycles. The van der Waals surface area contributed by atoms with Gasteiger partial charge in [-0.2, -0.15) is 0 Å². The van der Waals surface area contributed by atoms with Crippen molar-refractivity contribution in [2.75, 3.05) is 19.8 Å². The number of amides is 1. The molecule has 2 saturated carbocycles. The lowest BCUT2D eigenvalue weighted by Gasteiger charge is -2.20. The fourth-order valence-electron chi connectivity index (χ4n) is 3.97. The molecule has 2 fully saturated rings. The molecule has 0 aliphatic heterocycles. The lowest BCUT2D eigenvalue weighted by Crippen LogP contribution is -2.32. The fraction of sp³-hybridized carbons (Fsp3) is 0.579. The number of carbonyl (C=O) groups is 2. The minimum Gasteiger partial charge on any atom is -0.492 e. The third-order valence-corrected chi connectivity index (χ3v) is 5.11. The van der Waals surface area contributed by atoms with Crippen LogP contribution in [-0.4, -0.2) is 31.6 Å². The summed E-state index contributed by atoms with van der Waals surface area (Å²) in [5, 5.41) is 2.69. The van der Waals surface area contributed by atoms with Crippen LogP contribution in [0.25, 0.3) is 0 Å². The van der Waals surface area contributed by atoms with Gasteiger partial charge in [-0.1, -0.05) is 24.6 Å². The van der Waals surface area contributed by atoms with Gasteiger partial charge in [-0.3, -0.25) is 9.59 Å². The smallest absolute Gasteiger partial charge is 0.306 e.